The van der Waals surface area contributed by atoms with Crippen LogP contribution in [0, 0.1) is 0 Å². The molecular formula is C19H25NO. The number of hydrogen-bond donors (Lipinski definition) is 1. The van der Waals surface area contributed by atoms with Crippen LogP contribution in [0.1, 0.15) is 50.3 Å². The predicted molar refractivity (Wildman–Crippen MR) is 89.1 cm³/mol. The van der Waals surface area contributed by atoms with Crippen LogP contribution in [-0.2, 0) is 0 Å². The SMILES string of the molecule is CCC(NC)c1cccc(Oc2ccccc2C(C)C)c1. The number of rotatable bonds is 6. The van der Waals surface area contributed by atoms with Crippen LogP contribution in [0.15, 0.2) is 48.5 Å². The van der Waals surface area contributed by atoms with Gasteiger partial charge >= 0.3 is 0 Å². The van der Waals surface area contributed by atoms with E-state index in [1.807, 2.05) is 25.2 Å². The van der Waals surface area contributed by atoms with Crippen molar-refractivity contribution >= 4 is 0 Å². The summed E-state index contributed by atoms with van der Waals surface area (Å²) in [5.74, 6) is 2.29. The second-order valence-electron chi connectivity index (χ2n) is 5.62. The Morgan fingerprint density at radius 3 is 2.48 bits per heavy atom. The molecule has 2 aromatic rings. The summed E-state index contributed by atoms with van der Waals surface area (Å²) in [6.45, 7) is 6.56. The first-order valence-corrected chi connectivity index (χ1v) is 7.69. The summed E-state index contributed by atoms with van der Waals surface area (Å²) in [6, 6.07) is 17.0. The zero-order chi connectivity index (χ0) is 15.2. The van der Waals surface area contributed by atoms with E-state index in [9.17, 15) is 0 Å². The van der Waals surface area contributed by atoms with Crippen LogP contribution in [0.3, 0.4) is 0 Å². The molecule has 2 heteroatoms. The summed E-state index contributed by atoms with van der Waals surface area (Å²) in [5.41, 5.74) is 2.50. The second-order valence-corrected chi connectivity index (χ2v) is 5.62. The van der Waals surface area contributed by atoms with E-state index < -0.39 is 0 Å². The van der Waals surface area contributed by atoms with Gasteiger partial charge in [-0.1, -0.05) is 51.1 Å². The minimum absolute atomic E-state index is 0.369. The molecule has 0 aliphatic rings. The molecule has 21 heavy (non-hydrogen) atoms. The minimum atomic E-state index is 0.369. The number of ether oxygens (including phenoxy) is 1. The Balaban J connectivity index is 2.26. The summed E-state index contributed by atoms with van der Waals surface area (Å²) < 4.78 is 6.12. The van der Waals surface area contributed by atoms with Gasteiger partial charge in [-0.3, -0.25) is 0 Å². The van der Waals surface area contributed by atoms with E-state index in [2.05, 4.69) is 56.4 Å². The van der Waals surface area contributed by atoms with Crippen LogP contribution in [0.25, 0.3) is 0 Å². The lowest BCUT2D eigenvalue weighted by molar-refractivity contribution is 0.470. The van der Waals surface area contributed by atoms with Crippen molar-refractivity contribution in [2.24, 2.45) is 0 Å². The van der Waals surface area contributed by atoms with Crippen molar-refractivity contribution in [2.75, 3.05) is 7.05 Å². The highest BCUT2D eigenvalue weighted by molar-refractivity contribution is 5.40. The molecule has 1 N–H and O–H groups in total. The molecule has 0 fully saturated rings. The molecule has 1 atom stereocenters. The van der Waals surface area contributed by atoms with Crippen LogP contribution < -0.4 is 10.1 Å². The van der Waals surface area contributed by atoms with Crippen LogP contribution >= 0.6 is 0 Å². The number of benzene rings is 2. The molecule has 2 aromatic carbocycles. The predicted octanol–water partition coefficient (Wildman–Crippen LogP) is 5.27. The molecule has 0 saturated carbocycles. The fraction of sp³-hybridized carbons (Fsp3) is 0.368. The second kappa shape index (κ2) is 7.28. The van der Waals surface area contributed by atoms with Crippen molar-refractivity contribution in [1.82, 2.24) is 5.32 Å². The zero-order valence-corrected chi connectivity index (χ0v) is 13.4. The van der Waals surface area contributed by atoms with E-state index in [0.29, 0.717) is 12.0 Å². The Kier molecular flexibility index (Phi) is 5.40. The van der Waals surface area contributed by atoms with Gasteiger partial charge in [0, 0.05) is 6.04 Å². The van der Waals surface area contributed by atoms with E-state index in [-0.39, 0.29) is 0 Å². The van der Waals surface area contributed by atoms with Gasteiger partial charge < -0.3 is 10.1 Å². The average molecular weight is 283 g/mol. The van der Waals surface area contributed by atoms with Crippen molar-refractivity contribution in [3.05, 3.63) is 59.7 Å². The Morgan fingerprint density at radius 2 is 1.81 bits per heavy atom. The summed E-state index contributed by atoms with van der Waals surface area (Å²) in [6.07, 6.45) is 1.06. The molecule has 112 valence electrons. The zero-order valence-electron chi connectivity index (χ0n) is 13.4. The number of nitrogens with one attached hydrogen (secondary N) is 1. The normalized spacial score (nSPS) is 12.4. The molecule has 1 unspecified atom stereocenters. The molecule has 0 aliphatic heterocycles. The van der Waals surface area contributed by atoms with Gasteiger partial charge in [0.1, 0.15) is 11.5 Å². The van der Waals surface area contributed by atoms with Crippen LogP contribution in [0.4, 0.5) is 0 Å². The summed E-state index contributed by atoms with van der Waals surface area (Å²) in [4.78, 5) is 0. The standard InChI is InChI=1S/C19H25NO/c1-5-18(20-4)15-9-8-10-16(13-15)21-19-12-7-6-11-17(19)14(2)3/h6-14,18,20H,5H2,1-4H3. The molecule has 0 saturated heterocycles. The molecule has 0 amide bonds. The van der Waals surface area contributed by atoms with Crippen LogP contribution in [0.2, 0.25) is 0 Å². The lowest BCUT2D eigenvalue weighted by Gasteiger charge is -2.17. The smallest absolute Gasteiger partial charge is 0.130 e. The van der Waals surface area contributed by atoms with Gasteiger partial charge in [-0.25, -0.2) is 0 Å². The first kappa shape index (κ1) is 15.6. The quantitative estimate of drug-likeness (QED) is 0.779. The molecule has 2 nitrogen and oxygen atoms in total. The molecule has 0 aromatic heterocycles. The molecule has 2 rings (SSSR count). The third kappa shape index (κ3) is 3.85. The lowest BCUT2D eigenvalue weighted by atomic mass is 10.0. The van der Waals surface area contributed by atoms with Crippen molar-refractivity contribution in [3.63, 3.8) is 0 Å². The minimum Gasteiger partial charge on any atom is -0.457 e. The highest BCUT2D eigenvalue weighted by Gasteiger charge is 2.10. The first-order valence-electron chi connectivity index (χ1n) is 7.69. The third-order valence-electron chi connectivity index (χ3n) is 3.79. The summed E-state index contributed by atoms with van der Waals surface area (Å²) >= 11 is 0. The topological polar surface area (TPSA) is 21.3 Å². The largest absolute Gasteiger partial charge is 0.457 e. The fourth-order valence-electron chi connectivity index (χ4n) is 2.58. The molecule has 0 radical (unpaired) electrons. The highest BCUT2D eigenvalue weighted by Crippen LogP contribution is 2.31. The maximum absolute atomic E-state index is 6.12. The number of para-hydroxylation sites is 1. The maximum atomic E-state index is 6.12. The van der Waals surface area contributed by atoms with E-state index in [1.54, 1.807) is 0 Å². The van der Waals surface area contributed by atoms with E-state index in [0.717, 1.165) is 17.9 Å². The Hall–Kier alpha value is -1.80. The Labute approximate surface area is 128 Å². The van der Waals surface area contributed by atoms with Gasteiger partial charge in [0.2, 0.25) is 0 Å². The molecule has 0 bridgehead atoms. The summed E-state index contributed by atoms with van der Waals surface area (Å²) in [7, 11) is 2.00. The van der Waals surface area contributed by atoms with Gasteiger partial charge in [0.05, 0.1) is 0 Å². The first-order chi connectivity index (χ1) is 10.2. The van der Waals surface area contributed by atoms with Gasteiger partial charge in [-0.15, -0.1) is 0 Å². The molecular weight excluding hydrogens is 258 g/mol. The van der Waals surface area contributed by atoms with Gasteiger partial charge in [0.25, 0.3) is 0 Å². The van der Waals surface area contributed by atoms with Crippen molar-refractivity contribution in [2.45, 2.75) is 39.2 Å². The van der Waals surface area contributed by atoms with E-state index in [4.69, 9.17) is 4.74 Å². The van der Waals surface area contributed by atoms with Crippen LogP contribution in [-0.4, -0.2) is 7.05 Å². The molecule has 0 spiro atoms. The Bertz CT molecular complexity index is 573. The van der Waals surface area contributed by atoms with Crippen LogP contribution in [0.5, 0.6) is 11.5 Å². The van der Waals surface area contributed by atoms with Crippen molar-refractivity contribution < 1.29 is 4.74 Å². The Morgan fingerprint density at radius 1 is 1.05 bits per heavy atom. The highest BCUT2D eigenvalue weighted by atomic mass is 16.5. The van der Waals surface area contributed by atoms with Gasteiger partial charge in [-0.2, -0.15) is 0 Å². The van der Waals surface area contributed by atoms with Crippen molar-refractivity contribution in [1.29, 1.82) is 0 Å². The average Bonchev–Trinajstić information content (AvgIpc) is 2.49. The van der Waals surface area contributed by atoms with E-state index in [1.165, 1.54) is 11.1 Å². The monoisotopic (exact) mass is 283 g/mol. The molecule has 0 heterocycles. The maximum Gasteiger partial charge on any atom is 0.130 e. The third-order valence-corrected chi connectivity index (χ3v) is 3.79. The van der Waals surface area contributed by atoms with Crippen molar-refractivity contribution in [3.8, 4) is 11.5 Å². The van der Waals surface area contributed by atoms with Gasteiger partial charge in [0.15, 0.2) is 0 Å². The van der Waals surface area contributed by atoms with E-state index >= 15 is 0 Å². The fourth-order valence-corrected chi connectivity index (χ4v) is 2.58. The number of hydrogen-bond acceptors (Lipinski definition) is 2. The summed E-state index contributed by atoms with van der Waals surface area (Å²) in [5, 5.41) is 3.33. The lowest BCUT2D eigenvalue weighted by Crippen LogP contribution is -2.15. The molecule has 0 aliphatic carbocycles. The van der Waals surface area contributed by atoms with Gasteiger partial charge in [-0.05, 0) is 48.7 Å².